The van der Waals surface area contributed by atoms with Crippen molar-refractivity contribution in [2.24, 2.45) is 9.98 Å². The number of hydrogen-bond donors (Lipinski definition) is 2. The molecule has 3 heterocycles. The number of anilines is 2. The van der Waals surface area contributed by atoms with Crippen LogP contribution >= 0.6 is 0 Å². The largest absolute Gasteiger partial charge is 0.443 e. The third-order valence-corrected chi connectivity index (χ3v) is 7.04. The van der Waals surface area contributed by atoms with Gasteiger partial charge in [-0.3, -0.25) is 0 Å². The van der Waals surface area contributed by atoms with Crippen LogP contribution in [-0.4, -0.2) is 91.9 Å². The van der Waals surface area contributed by atoms with Crippen LogP contribution in [0.5, 0.6) is 0 Å². The van der Waals surface area contributed by atoms with E-state index in [1.165, 1.54) is 24.8 Å². The number of amides is 3. The highest BCUT2D eigenvalue weighted by atomic mass is 19.1. The molecule has 0 saturated carbocycles. The predicted molar refractivity (Wildman–Crippen MR) is 160 cm³/mol. The molecule has 2 saturated heterocycles. The maximum Gasteiger partial charge on any atom is 0.435 e. The van der Waals surface area contributed by atoms with Crippen molar-refractivity contribution in [2.45, 2.75) is 6.61 Å². The van der Waals surface area contributed by atoms with Crippen LogP contribution < -0.4 is 15.5 Å². The molecule has 2 N–H and O–H groups in total. The van der Waals surface area contributed by atoms with Gasteiger partial charge in [0.05, 0.1) is 18.4 Å². The summed E-state index contributed by atoms with van der Waals surface area (Å²) < 4.78 is 64.2. The molecule has 2 aliphatic heterocycles. The van der Waals surface area contributed by atoms with Gasteiger partial charge in [-0.15, -0.1) is 0 Å². The van der Waals surface area contributed by atoms with Crippen LogP contribution in [0.2, 0.25) is 0 Å². The fourth-order valence-electron chi connectivity index (χ4n) is 4.73. The van der Waals surface area contributed by atoms with Gasteiger partial charge in [-0.2, -0.15) is 9.98 Å². The van der Waals surface area contributed by atoms with Crippen molar-refractivity contribution in [3.05, 3.63) is 77.4 Å². The summed E-state index contributed by atoms with van der Waals surface area (Å²) in [7, 11) is 0. The van der Waals surface area contributed by atoms with Crippen LogP contribution in [-0.2, 0) is 11.3 Å². The molecule has 11 nitrogen and oxygen atoms in total. The molecule has 0 atom stereocenters. The van der Waals surface area contributed by atoms with E-state index < -0.39 is 47.7 Å². The summed E-state index contributed by atoms with van der Waals surface area (Å²) in [6, 6.07) is 7.35. The van der Waals surface area contributed by atoms with Crippen LogP contribution in [0.15, 0.2) is 58.5 Å². The number of aromatic nitrogens is 1. The molecule has 3 aromatic rings. The second-order valence-corrected chi connectivity index (χ2v) is 10.1. The number of urea groups is 1. The minimum atomic E-state index is -1.07. The summed E-state index contributed by atoms with van der Waals surface area (Å²) in [5, 5.41) is 6.34. The SMILES string of the molecule is O=C(N=CN1CCNCC1)OCc1ccc(N(C(=O)N=CN2CCNCC2)c2c(F)cccc2F)nc1-c1ccc(F)cc1F. The molecule has 3 amide bonds. The molecule has 0 radical (unpaired) electrons. The summed E-state index contributed by atoms with van der Waals surface area (Å²) in [5.74, 6) is -4.31. The van der Waals surface area contributed by atoms with Gasteiger partial charge >= 0.3 is 12.1 Å². The zero-order valence-electron chi connectivity index (χ0n) is 24.1. The first-order chi connectivity index (χ1) is 21.8. The number of piperazine rings is 2. The van der Waals surface area contributed by atoms with E-state index in [1.807, 2.05) is 4.90 Å². The fourth-order valence-corrected chi connectivity index (χ4v) is 4.73. The van der Waals surface area contributed by atoms with Gasteiger partial charge in [-0.1, -0.05) is 6.07 Å². The van der Waals surface area contributed by atoms with Gasteiger partial charge in [0.25, 0.3) is 0 Å². The molecule has 0 aliphatic carbocycles. The number of rotatable bonds is 7. The van der Waals surface area contributed by atoms with Gasteiger partial charge in [0.15, 0.2) is 0 Å². The number of para-hydroxylation sites is 1. The van der Waals surface area contributed by atoms with Crippen LogP contribution in [0, 0.1) is 23.3 Å². The summed E-state index contributed by atoms with van der Waals surface area (Å²) >= 11 is 0. The molecule has 2 fully saturated rings. The lowest BCUT2D eigenvalue weighted by molar-refractivity contribution is 0.150. The van der Waals surface area contributed by atoms with Gasteiger partial charge in [-0.25, -0.2) is 37.0 Å². The van der Waals surface area contributed by atoms with Crippen LogP contribution in [0.4, 0.5) is 38.7 Å². The number of nitrogens with one attached hydrogen (secondary N) is 2. The third-order valence-electron chi connectivity index (χ3n) is 7.04. The number of carbonyl (C=O) groups is 2. The van der Waals surface area contributed by atoms with Crippen molar-refractivity contribution in [1.29, 1.82) is 0 Å². The summed E-state index contributed by atoms with van der Waals surface area (Å²) in [4.78, 5) is 42.1. The zero-order chi connectivity index (χ0) is 31.8. The molecule has 2 aliphatic rings. The van der Waals surface area contributed by atoms with E-state index in [-0.39, 0.29) is 22.6 Å². The Morgan fingerprint density at radius 1 is 0.844 bits per heavy atom. The quantitative estimate of drug-likeness (QED) is 0.229. The molecular formula is C30H30F4N8O3. The van der Waals surface area contributed by atoms with E-state index in [0.29, 0.717) is 50.2 Å². The van der Waals surface area contributed by atoms with E-state index in [9.17, 15) is 14.0 Å². The maximum atomic E-state index is 15.1. The van der Waals surface area contributed by atoms with E-state index in [0.717, 1.165) is 43.4 Å². The Morgan fingerprint density at radius 2 is 1.47 bits per heavy atom. The molecule has 2 aromatic carbocycles. The Kier molecular flexibility index (Phi) is 10.3. The Labute approximate surface area is 256 Å². The molecule has 236 valence electrons. The third kappa shape index (κ3) is 7.99. The van der Waals surface area contributed by atoms with Crippen molar-refractivity contribution < 1.29 is 31.9 Å². The normalized spacial score (nSPS) is 15.6. The number of carbonyl (C=O) groups excluding carboxylic acids is 2. The van der Waals surface area contributed by atoms with Gasteiger partial charge in [0.1, 0.15) is 41.4 Å². The smallest absolute Gasteiger partial charge is 0.435 e. The zero-order valence-corrected chi connectivity index (χ0v) is 24.1. The lowest BCUT2D eigenvalue weighted by Crippen LogP contribution is -2.43. The van der Waals surface area contributed by atoms with E-state index in [2.05, 4.69) is 25.6 Å². The van der Waals surface area contributed by atoms with Crippen molar-refractivity contribution in [3.63, 3.8) is 0 Å². The van der Waals surface area contributed by atoms with Crippen LogP contribution in [0.25, 0.3) is 11.3 Å². The second kappa shape index (κ2) is 14.7. The Balaban J connectivity index is 1.50. The lowest BCUT2D eigenvalue weighted by atomic mass is 10.1. The second-order valence-electron chi connectivity index (χ2n) is 10.1. The number of pyridine rings is 1. The van der Waals surface area contributed by atoms with Gasteiger partial charge < -0.3 is 25.2 Å². The highest BCUT2D eigenvalue weighted by Crippen LogP contribution is 2.34. The van der Waals surface area contributed by atoms with Crippen molar-refractivity contribution in [3.8, 4) is 11.3 Å². The highest BCUT2D eigenvalue weighted by Gasteiger charge is 2.27. The molecule has 1 aromatic heterocycles. The number of benzene rings is 2. The summed E-state index contributed by atoms with van der Waals surface area (Å²) in [5.41, 5.74) is -0.969. The van der Waals surface area contributed by atoms with Gasteiger partial charge in [0.2, 0.25) is 0 Å². The average Bonchev–Trinajstić information content (AvgIpc) is 3.04. The van der Waals surface area contributed by atoms with E-state index >= 15 is 13.2 Å². The summed E-state index contributed by atoms with van der Waals surface area (Å²) in [6.45, 7) is 4.81. The topological polar surface area (TPSA) is 115 Å². The first-order valence-electron chi connectivity index (χ1n) is 14.2. The Morgan fingerprint density at radius 3 is 2.09 bits per heavy atom. The summed E-state index contributed by atoms with van der Waals surface area (Å²) in [6.07, 6.45) is 1.73. The first-order valence-corrected chi connectivity index (χ1v) is 14.2. The van der Waals surface area contributed by atoms with E-state index in [1.54, 1.807) is 4.90 Å². The number of aliphatic imine (C=N–C) groups is 2. The molecule has 0 spiro atoms. The van der Waals surface area contributed by atoms with Crippen LogP contribution in [0.1, 0.15) is 5.56 Å². The highest BCUT2D eigenvalue weighted by molar-refractivity contribution is 6.02. The van der Waals surface area contributed by atoms with Gasteiger partial charge in [-0.05, 0) is 36.4 Å². The monoisotopic (exact) mass is 626 g/mol. The average molecular weight is 627 g/mol. The predicted octanol–water partition coefficient (Wildman–Crippen LogP) is 4.07. The van der Waals surface area contributed by atoms with E-state index in [4.69, 9.17) is 4.74 Å². The minimum absolute atomic E-state index is 0.153. The molecular weight excluding hydrogens is 596 g/mol. The Bertz CT molecular complexity index is 1570. The van der Waals surface area contributed by atoms with Crippen molar-refractivity contribution in [2.75, 3.05) is 57.3 Å². The standard InChI is InChI=1S/C30H30F4N8O3/c31-21-5-6-22(25(34)16-21)27-20(17-45-30(44)38-19-41-14-10-36-11-15-41)4-7-26(39-27)42(28-23(32)2-1-3-24(28)33)29(43)37-18-40-12-8-35-9-13-40/h1-7,16,18-19,35-36H,8-15,17H2. The minimum Gasteiger partial charge on any atom is -0.443 e. The van der Waals surface area contributed by atoms with Crippen molar-refractivity contribution in [1.82, 2.24) is 25.4 Å². The number of nitrogens with zero attached hydrogens (tertiary/aromatic N) is 6. The molecule has 5 rings (SSSR count). The lowest BCUT2D eigenvalue weighted by Gasteiger charge is -2.25. The number of ether oxygens (including phenoxy) is 1. The van der Waals surface area contributed by atoms with Crippen molar-refractivity contribution >= 4 is 36.3 Å². The number of halogens is 4. The maximum absolute atomic E-state index is 15.1. The molecule has 0 bridgehead atoms. The fraction of sp³-hybridized carbons (Fsp3) is 0.300. The first kappa shape index (κ1) is 31.5. The molecule has 0 unspecified atom stereocenters. The van der Waals surface area contributed by atoms with Gasteiger partial charge in [0, 0.05) is 69.6 Å². The number of hydrogen-bond acceptors (Lipinski definition) is 6. The van der Waals surface area contributed by atoms with Crippen LogP contribution in [0.3, 0.4) is 0 Å². The Hall–Kier alpha value is -4.89. The molecule has 45 heavy (non-hydrogen) atoms. The molecule has 15 heteroatoms.